The van der Waals surface area contributed by atoms with Gasteiger partial charge in [0.15, 0.2) is 11.2 Å². The van der Waals surface area contributed by atoms with Crippen molar-refractivity contribution >= 4 is 28.3 Å². The van der Waals surface area contributed by atoms with Crippen LogP contribution in [0.3, 0.4) is 0 Å². The SMILES string of the molecule is O=C(Cn1ccc2c(nnc3ccnn32)c1=O)Nc1ccncc1. The van der Waals surface area contributed by atoms with Gasteiger partial charge in [-0.25, -0.2) is 4.52 Å². The molecule has 0 aliphatic heterocycles. The van der Waals surface area contributed by atoms with Crippen LogP contribution in [0.4, 0.5) is 5.69 Å². The second-order valence-corrected chi connectivity index (χ2v) is 5.07. The number of hydrogen-bond donors (Lipinski definition) is 1. The van der Waals surface area contributed by atoms with Crippen molar-refractivity contribution in [2.75, 3.05) is 5.32 Å². The average molecular weight is 321 g/mol. The first-order chi connectivity index (χ1) is 11.7. The zero-order valence-electron chi connectivity index (χ0n) is 12.3. The quantitative estimate of drug-likeness (QED) is 0.588. The number of fused-ring (bicyclic) bond motifs is 3. The van der Waals surface area contributed by atoms with Gasteiger partial charge in [0.25, 0.3) is 5.56 Å². The summed E-state index contributed by atoms with van der Waals surface area (Å²) in [6, 6.07) is 6.72. The minimum atomic E-state index is -0.401. The summed E-state index contributed by atoms with van der Waals surface area (Å²) in [6.07, 6.45) is 6.27. The van der Waals surface area contributed by atoms with Gasteiger partial charge in [-0.2, -0.15) is 5.10 Å². The van der Waals surface area contributed by atoms with Crippen LogP contribution < -0.4 is 10.9 Å². The molecule has 4 rings (SSSR count). The Morgan fingerprint density at radius 2 is 1.92 bits per heavy atom. The highest BCUT2D eigenvalue weighted by atomic mass is 16.2. The predicted molar refractivity (Wildman–Crippen MR) is 85.4 cm³/mol. The summed E-state index contributed by atoms with van der Waals surface area (Å²) in [5, 5.41) is 14.7. The summed E-state index contributed by atoms with van der Waals surface area (Å²) in [7, 11) is 0. The Morgan fingerprint density at radius 1 is 1.08 bits per heavy atom. The minimum absolute atomic E-state index is 0.129. The maximum absolute atomic E-state index is 12.5. The van der Waals surface area contributed by atoms with Gasteiger partial charge in [0.05, 0.1) is 6.20 Å². The van der Waals surface area contributed by atoms with E-state index < -0.39 is 5.56 Å². The molecule has 4 aromatic rings. The van der Waals surface area contributed by atoms with Crippen molar-refractivity contribution in [1.29, 1.82) is 0 Å². The molecule has 0 fully saturated rings. The molecular weight excluding hydrogens is 310 g/mol. The van der Waals surface area contributed by atoms with Gasteiger partial charge >= 0.3 is 0 Å². The summed E-state index contributed by atoms with van der Waals surface area (Å²) in [6.45, 7) is -0.129. The van der Waals surface area contributed by atoms with Gasteiger partial charge < -0.3 is 9.88 Å². The van der Waals surface area contributed by atoms with Crippen LogP contribution in [0, 0.1) is 0 Å². The molecule has 0 saturated carbocycles. The standard InChI is InChI=1S/C15H11N7O2/c23-13(18-10-1-5-16-6-2-10)9-21-8-4-11-14(15(21)24)20-19-12-3-7-17-22(11)12/h1-8H,9H2,(H,16,18,23). The maximum Gasteiger partial charge on any atom is 0.281 e. The van der Waals surface area contributed by atoms with Crippen LogP contribution in [-0.2, 0) is 11.3 Å². The number of nitrogens with one attached hydrogen (secondary N) is 1. The molecule has 0 atom stereocenters. The molecule has 1 amide bonds. The van der Waals surface area contributed by atoms with Crippen molar-refractivity contribution in [2.24, 2.45) is 0 Å². The lowest BCUT2D eigenvalue weighted by atomic mass is 10.3. The summed E-state index contributed by atoms with van der Waals surface area (Å²) >= 11 is 0. The van der Waals surface area contributed by atoms with E-state index in [4.69, 9.17) is 0 Å². The molecule has 0 aliphatic carbocycles. The van der Waals surface area contributed by atoms with Crippen LogP contribution in [0.2, 0.25) is 0 Å². The third-order valence-corrected chi connectivity index (χ3v) is 3.50. The molecule has 0 aliphatic rings. The number of anilines is 1. The van der Waals surface area contributed by atoms with Gasteiger partial charge in [-0.15, -0.1) is 10.2 Å². The Labute approximate surface area is 134 Å². The fraction of sp³-hybridized carbons (Fsp3) is 0.0667. The molecule has 9 nitrogen and oxygen atoms in total. The van der Waals surface area contributed by atoms with E-state index in [1.165, 1.54) is 9.08 Å². The van der Waals surface area contributed by atoms with E-state index in [0.29, 0.717) is 16.9 Å². The van der Waals surface area contributed by atoms with Crippen LogP contribution in [-0.4, -0.2) is 35.3 Å². The van der Waals surface area contributed by atoms with Crippen LogP contribution in [0.1, 0.15) is 0 Å². The third kappa shape index (κ3) is 2.37. The van der Waals surface area contributed by atoms with Crippen molar-refractivity contribution in [3.63, 3.8) is 0 Å². The van der Waals surface area contributed by atoms with Crippen molar-refractivity contribution in [1.82, 2.24) is 29.4 Å². The fourth-order valence-electron chi connectivity index (χ4n) is 2.39. The Kier molecular flexibility index (Phi) is 3.23. The van der Waals surface area contributed by atoms with Crippen molar-refractivity contribution < 1.29 is 4.79 Å². The first-order valence-electron chi connectivity index (χ1n) is 7.12. The third-order valence-electron chi connectivity index (χ3n) is 3.50. The van der Waals surface area contributed by atoms with E-state index in [2.05, 4.69) is 25.6 Å². The van der Waals surface area contributed by atoms with Gasteiger partial charge in [0, 0.05) is 30.3 Å². The number of rotatable bonds is 3. The number of pyridine rings is 2. The molecular formula is C15H11N7O2. The average Bonchev–Trinajstić information content (AvgIpc) is 3.07. The van der Waals surface area contributed by atoms with Crippen LogP contribution in [0.5, 0.6) is 0 Å². The number of amides is 1. The molecule has 118 valence electrons. The lowest BCUT2D eigenvalue weighted by Gasteiger charge is -2.08. The zero-order valence-corrected chi connectivity index (χ0v) is 12.3. The number of carbonyl (C=O) groups is 1. The Hall–Kier alpha value is -3.62. The smallest absolute Gasteiger partial charge is 0.281 e. The predicted octanol–water partition coefficient (Wildman–Crippen LogP) is 0.473. The highest BCUT2D eigenvalue weighted by molar-refractivity contribution is 5.90. The topological polar surface area (TPSA) is 107 Å². The normalized spacial score (nSPS) is 11.0. The second kappa shape index (κ2) is 5.54. The van der Waals surface area contributed by atoms with Crippen molar-refractivity contribution in [3.05, 3.63) is 59.4 Å². The fourth-order valence-corrected chi connectivity index (χ4v) is 2.39. The van der Waals surface area contributed by atoms with E-state index >= 15 is 0 Å². The molecule has 4 heterocycles. The van der Waals surface area contributed by atoms with Gasteiger partial charge in [-0.05, 0) is 18.2 Å². The van der Waals surface area contributed by atoms with Crippen molar-refractivity contribution in [2.45, 2.75) is 6.54 Å². The Bertz CT molecular complexity index is 1100. The van der Waals surface area contributed by atoms with Crippen molar-refractivity contribution in [3.8, 4) is 0 Å². The number of hydrogen-bond acceptors (Lipinski definition) is 6. The minimum Gasteiger partial charge on any atom is -0.324 e. The molecule has 1 N–H and O–H groups in total. The Balaban J connectivity index is 1.67. The monoisotopic (exact) mass is 321 g/mol. The molecule has 0 bridgehead atoms. The highest BCUT2D eigenvalue weighted by Crippen LogP contribution is 2.08. The van der Waals surface area contributed by atoms with E-state index in [-0.39, 0.29) is 18.0 Å². The lowest BCUT2D eigenvalue weighted by Crippen LogP contribution is -2.28. The number of nitrogens with zero attached hydrogens (tertiary/aromatic N) is 6. The van der Waals surface area contributed by atoms with E-state index in [9.17, 15) is 9.59 Å². The first kappa shape index (κ1) is 14.0. The van der Waals surface area contributed by atoms with Crippen LogP contribution in [0.15, 0.2) is 53.8 Å². The number of aromatic nitrogens is 6. The van der Waals surface area contributed by atoms with Gasteiger partial charge in [-0.3, -0.25) is 14.6 Å². The molecule has 9 heteroatoms. The molecule has 0 aromatic carbocycles. The molecule has 0 unspecified atom stereocenters. The summed E-state index contributed by atoms with van der Waals surface area (Å²) < 4.78 is 2.81. The Morgan fingerprint density at radius 3 is 2.75 bits per heavy atom. The number of carbonyl (C=O) groups excluding carboxylic acids is 1. The van der Waals surface area contributed by atoms with Gasteiger partial charge in [0.1, 0.15) is 12.1 Å². The van der Waals surface area contributed by atoms with E-state index in [1.807, 2.05) is 0 Å². The molecule has 0 spiro atoms. The summed E-state index contributed by atoms with van der Waals surface area (Å²) in [5.74, 6) is -0.323. The molecule has 24 heavy (non-hydrogen) atoms. The van der Waals surface area contributed by atoms with Gasteiger partial charge in [0.2, 0.25) is 5.91 Å². The lowest BCUT2D eigenvalue weighted by molar-refractivity contribution is -0.116. The highest BCUT2D eigenvalue weighted by Gasteiger charge is 2.11. The molecule has 0 radical (unpaired) electrons. The summed E-state index contributed by atoms with van der Waals surface area (Å²) in [4.78, 5) is 28.5. The molecule has 4 aromatic heterocycles. The van der Waals surface area contributed by atoms with E-state index in [1.54, 1.807) is 49.1 Å². The molecule has 0 saturated heterocycles. The maximum atomic E-state index is 12.5. The van der Waals surface area contributed by atoms with Crippen LogP contribution >= 0.6 is 0 Å². The van der Waals surface area contributed by atoms with E-state index in [0.717, 1.165) is 0 Å². The first-order valence-corrected chi connectivity index (χ1v) is 7.12. The largest absolute Gasteiger partial charge is 0.324 e. The van der Waals surface area contributed by atoms with Gasteiger partial charge in [-0.1, -0.05) is 0 Å². The second-order valence-electron chi connectivity index (χ2n) is 5.07. The zero-order chi connectivity index (χ0) is 16.5. The summed E-state index contributed by atoms with van der Waals surface area (Å²) in [5.41, 5.74) is 1.46. The van der Waals surface area contributed by atoms with Crippen LogP contribution in [0.25, 0.3) is 16.7 Å².